The second-order valence-corrected chi connectivity index (χ2v) is 7.30. The van der Waals surface area contributed by atoms with Gasteiger partial charge in [0.15, 0.2) is 0 Å². The third kappa shape index (κ3) is 3.91. The molecule has 0 atom stereocenters. The maximum Gasteiger partial charge on any atom is 0.244 e. The molecule has 0 aliphatic heterocycles. The van der Waals surface area contributed by atoms with Crippen molar-refractivity contribution in [2.24, 2.45) is 11.3 Å². The molecule has 0 bridgehead atoms. The maximum atomic E-state index is 12.3. The Morgan fingerprint density at radius 2 is 2.00 bits per heavy atom. The molecule has 0 saturated carbocycles. The van der Waals surface area contributed by atoms with Crippen LogP contribution in [0.3, 0.4) is 0 Å². The summed E-state index contributed by atoms with van der Waals surface area (Å²) >= 11 is 0. The van der Waals surface area contributed by atoms with Crippen molar-refractivity contribution in [2.45, 2.75) is 32.6 Å². The molecule has 5 nitrogen and oxygen atoms in total. The van der Waals surface area contributed by atoms with Crippen LogP contribution in [0.2, 0.25) is 0 Å². The number of nitrogens with zero attached hydrogens (tertiary/aromatic N) is 1. The van der Waals surface area contributed by atoms with Crippen molar-refractivity contribution >= 4 is 15.8 Å². The summed E-state index contributed by atoms with van der Waals surface area (Å²) in [4.78, 5) is 4.19. The average molecular weight is 285 g/mol. The molecular formula is C13H23N3O2S. The van der Waals surface area contributed by atoms with E-state index in [0.29, 0.717) is 18.3 Å². The normalized spacial score (nSPS) is 12.7. The van der Waals surface area contributed by atoms with Crippen LogP contribution in [-0.4, -0.2) is 27.0 Å². The summed E-state index contributed by atoms with van der Waals surface area (Å²) in [7, 11) is -1.89. The summed E-state index contributed by atoms with van der Waals surface area (Å²) in [6.45, 7) is 8.64. The monoisotopic (exact) mass is 285 g/mol. The molecule has 6 heteroatoms. The van der Waals surface area contributed by atoms with E-state index in [1.54, 1.807) is 25.4 Å². The van der Waals surface area contributed by atoms with Gasteiger partial charge in [0.2, 0.25) is 10.0 Å². The number of pyridine rings is 1. The largest absolute Gasteiger partial charge is 0.372 e. The Morgan fingerprint density at radius 3 is 2.53 bits per heavy atom. The van der Waals surface area contributed by atoms with Crippen molar-refractivity contribution in [3.05, 3.63) is 18.3 Å². The van der Waals surface area contributed by atoms with Crippen LogP contribution in [0.15, 0.2) is 23.2 Å². The van der Waals surface area contributed by atoms with Gasteiger partial charge in [-0.05, 0) is 23.5 Å². The molecule has 19 heavy (non-hydrogen) atoms. The van der Waals surface area contributed by atoms with E-state index < -0.39 is 10.0 Å². The van der Waals surface area contributed by atoms with E-state index in [9.17, 15) is 8.42 Å². The van der Waals surface area contributed by atoms with Crippen LogP contribution in [0.25, 0.3) is 0 Å². The lowest BCUT2D eigenvalue weighted by atomic mass is 9.81. The number of rotatable bonds is 6. The van der Waals surface area contributed by atoms with Crippen molar-refractivity contribution in [1.29, 1.82) is 0 Å². The predicted molar refractivity (Wildman–Crippen MR) is 77.6 cm³/mol. The van der Waals surface area contributed by atoms with E-state index in [2.05, 4.69) is 28.9 Å². The van der Waals surface area contributed by atoms with Gasteiger partial charge in [-0.3, -0.25) is 0 Å². The second kappa shape index (κ2) is 5.88. The lowest BCUT2D eigenvalue weighted by molar-refractivity contribution is 0.252. The highest BCUT2D eigenvalue weighted by Gasteiger charge is 2.26. The summed E-state index contributed by atoms with van der Waals surface area (Å²) in [5.41, 5.74) is -0.102. The first-order valence-electron chi connectivity index (χ1n) is 6.33. The standard InChI is InChI=1S/C13H23N3O2S/c1-10(2)13(3,4)9-16-19(17,18)11-7-6-8-15-12(11)14-5/h6-8,10,16H,9H2,1-5H3,(H,14,15). The van der Waals surface area contributed by atoms with Crippen LogP contribution in [0.4, 0.5) is 5.82 Å². The van der Waals surface area contributed by atoms with E-state index in [-0.39, 0.29) is 10.3 Å². The Labute approximate surface area is 115 Å². The first kappa shape index (κ1) is 15.9. The molecule has 0 amide bonds. The van der Waals surface area contributed by atoms with Gasteiger partial charge in [-0.2, -0.15) is 0 Å². The topological polar surface area (TPSA) is 71.1 Å². The predicted octanol–water partition coefficient (Wildman–Crippen LogP) is 2.08. The van der Waals surface area contributed by atoms with Crippen molar-refractivity contribution in [3.63, 3.8) is 0 Å². The fourth-order valence-corrected chi connectivity index (χ4v) is 2.74. The van der Waals surface area contributed by atoms with Gasteiger partial charge in [-0.15, -0.1) is 0 Å². The zero-order valence-corrected chi connectivity index (χ0v) is 13.0. The smallest absolute Gasteiger partial charge is 0.244 e. The third-order valence-corrected chi connectivity index (χ3v) is 5.01. The molecule has 2 N–H and O–H groups in total. The zero-order valence-electron chi connectivity index (χ0n) is 12.2. The molecule has 0 spiro atoms. The van der Waals surface area contributed by atoms with Gasteiger partial charge in [0, 0.05) is 19.8 Å². The number of nitrogens with one attached hydrogen (secondary N) is 2. The SMILES string of the molecule is CNc1ncccc1S(=O)(=O)NCC(C)(C)C(C)C. The highest BCUT2D eigenvalue weighted by Crippen LogP contribution is 2.26. The van der Waals surface area contributed by atoms with Crippen molar-refractivity contribution in [3.8, 4) is 0 Å². The molecular weight excluding hydrogens is 262 g/mol. The van der Waals surface area contributed by atoms with Gasteiger partial charge in [0.1, 0.15) is 10.7 Å². The van der Waals surface area contributed by atoms with Gasteiger partial charge >= 0.3 is 0 Å². The molecule has 0 aromatic carbocycles. The van der Waals surface area contributed by atoms with E-state index in [1.807, 2.05) is 13.8 Å². The molecule has 1 rings (SSSR count). The van der Waals surface area contributed by atoms with Crippen LogP contribution in [0.1, 0.15) is 27.7 Å². The van der Waals surface area contributed by atoms with Gasteiger partial charge in [0.05, 0.1) is 0 Å². The second-order valence-electron chi connectivity index (χ2n) is 5.57. The molecule has 0 saturated heterocycles. The van der Waals surface area contributed by atoms with Crippen LogP contribution < -0.4 is 10.0 Å². The first-order valence-corrected chi connectivity index (χ1v) is 7.81. The molecule has 0 aliphatic rings. The van der Waals surface area contributed by atoms with Crippen molar-refractivity contribution < 1.29 is 8.42 Å². The molecule has 1 aromatic heterocycles. The molecule has 1 heterocycles. The van der Waals surface area contributed by atoms with E-state index in [1.165, 1.54) is 0 Å². The minimum Gasteiger partial charge on any atom is -0.372 e. The van der Waals surface area contributed by atoms with Crippen molar-refractivity contribution in [2.75, 3.05) is 18.9 Å². The summed E-state index contributed by atoms with van der Waals surface area (Å²) < 4.78 is 27.2. The number of aromatic nitrogens is 1. The summed E-state index contributed by atoms with van der Waals surface area (Å²) in [5.74, 6) is 0.741. The van der Waals surface area contributed by atoms with Gasteiger partial charge in [0.25, 0.3) is 0 Å². The molecule has 0 radical (unpaired) electrons. The number of hydrogen-bond acceptors (Lipinski definition) is 4. The minimum atomic E-state index is -3.54. The summed E-state index contributed by atoms with van der Waals surface area (Å²) in [6.07, 6.45) is 1.56. The third-order valence-electron chi connectivity index (χ3n) is 3.58. The van der Waals surface area contributed by atoms with Crippen LogP contribution >= 0.6 is 0 Å². The van der Waals surface area contributed by atoms with Crippen LogP contribution in [-0.2, 0) is 10.0 Å². The van der Waals surface area contributed by atoms with E-state index >= 15 is 0 Å². The lowest BCUT2D eigenvalue weighted by Gasteiger charge is -2.29. The van der Waals surface area contributed by atoms with Gasteiger partial charge in [-0.1, -0.05) is 27.7 Å². The number of sulfonamides is 1. The Kier molecular flexibility index (Phi) is 4.92. The highest BCUT2D eigenvalue weighted by molar-refractivity contribution is 7.89. The molecule has 108 valence electrons. The van der Waals surface area contributed by atoms with E-state index in [4.69, 9.17) is 0 Å². The van der Waals surface area contributed by atoms with Gasteiger partial charge < -0.3 is 5.32 Å². The van der Waals surface area contributed by atoms with Crippen LogP contribution in [0, 0.1) is 11.3 Å². The van der Waals surface area contributed by atoms with Crippen LogP contribution in [0.5, 0.6) is 0 Å². The number of hydrogen-bond donors (Lipinski definition) is 2. The number of anilines is 1. The van der Waals surface area contributed by atoms with E-state index in [0.717, 1.165) is 0 Å². The van der Waals surface area contributed by atoms with Gasteiger partial charge in [-0.25, -0.2) is 18.1 Å². The Bertz CT molecular complexity index is 524. The Morgan fingerprint density at radius 1 is 1.37 bits per heavy atom. The van der Waals surface area contributed by atoms with Crippen molar-refractivity contribution in [1.82, 2.24) is 9.71 Å². The molecule has 0 aliphatic carbocycles. The lowest BCUT2D eigenvalue weighted by Crippen LogP contribution is -2.37. The molecule has 1 aromatic rings. The minimum absolute atomic E-state index is 0.102. The average Bonchev–Trinajstić information content (AvgIpc) is 2.36. The zero-order chi connectivity index (χ0) is 14.7. The Hall–Kier alpha value is -1.14. The molecule has 0 fully saturated rings. The quantitative estimate of drug-likeness (QED) is 0.839. The summed E-state index contributed by atoms with van der Waals surface area (Å²) in [6, 6.07) is 3.16. The highest BCUT2D eigenvalue weighted by atomic mass is 32.2. The Balaban J connectivity index is 2.94. The summed E-state index contributed by atoms with van der Waals surface area (Å²) in [5, 5.41) is 2.79. The first-order chi connectivity index (χ1) is 8.70. The fraction of sp³-hybridized carbons (Fsp3) is 0.615. The molecule has 0 unspecified atom stereocenters. The maximum absolute atomic E-state index is 12.3. The fourth-order valence-electron chi connectivity index (χ4n) is 1.36.